The summed E-state index contributed by atoms with van der Waals surface area (Å²) in [5.41, 5.74) is 0.855. The molecule has 0 N–H and O–H groups in total. The fraction of sp³-hybridized carbons (Fsp3) is 1.00. The first-order valence-electron chi connectivity index (χ1n) is 5.25. The predicted molar refractivity (Wildman–Crippen MR) is 48.5 cm³/mol. The van der Waals surface area contributed by atoms with E-state index in [9.17, 15) is 0 Å². The zero-order valence-electron chi connectivity index (χ0n) is 7.90. The molecular formula is C11H20. The third kappa shape index (κ3) is 1.02. The van der Waals surface area contributed by atoms with Crippen LogP contribution in [0.25, 0.3) is 0 Å². The molecule has 0 amide bonds. The molecule has 2 aliphatic carbocycles. The van der Waals surface area contributed by atoms with Crippen LogP contribution >= 0.6 is 0 Å². The molecule has 0 heteroatoms. The van der Waals surface area contributed by atoms with Crippen LogP contribution in [0.4, 0.5) is 0 Å². The lowest BCUT2D eigenvalue weighted by Gasteiger charge is -2.50. The van der Waals surface area contributed by atoms with Crippen LogP contribution in [0.1, 0.15) is 52.4 Å². The summed E-state index contributed by atoms with van der Waals surface area (Å²) in [4.78, 5) is 0. The van der Waals surface area contributed by atoms with Gasteiger partial charge < -0.3 is 0 Å². The SMILES string of the molecule is CC(C)C1CCC12CCCC2. The van der Waals surface area contributed by atoms with Crippen molar-refractivity contribution in [1.29, 1.82) is 0 Å². The Labute approximate surface area is 70.4 Å². The highest BCUT2D eigenvalue weighted by Gasteiger charge is 2.48. The molecule has 0 aromatic rings. The number of hydrogen-bond acceptors (Lipinski definition) is 0. The molecule has 0 heterocycles. The van der Waals surface area contributed by atoms with Crippen molar-refractivity contribution >= 4 is 0 Å². The lowest BCUT2D eigenvalue weighted by atomic mass is 9.55. The van der Waals surface area contributed by atoms with Gasteiger partial charge in [0, 0.05) is 0 Å². The summed E-state index contributed by atoms with van der Waals surface area (Å²) in [6.45, 7) is 4.81. The van der Waals surface area contributed by atoms with E-state index in [0.29, 0.717) is 0 Å². The van der Waals surface area contributed by atoms with Crippen molar-refractivity contribution < 1.29 is 0 Å². The minimum atomic E-state index is 0.855. The van der Waals surface area contributed by atoms with Crippen molar-refractivity contribution in [3.05, 3.63) is 0 Å². The van der Waals surface area contributed by atoms with E-state index < -0.39 is 0 Å². The zero-order valence-corrected chi connectivity index (χ0v) is 7.90. The maximum atomic E-state index is 2.41. The van der Waals surface area contributed by atoms with Gasteiger partial charge in [0.1, 0.15) is 0 Å². The van der Waals surface area contributed by atoms with Gasteiger partial charge >= 0.3 is 0 Å². The lowest BCUT2D eigenvalue weighted by molar-refractivity contribution is 0.00252. The fourth-order valence-electron chi connectivity index (χ4n) is 3.46. The summed E-state index contributed by atoms with van der Waals surface area (Å²) in [7, 11) is 0. The molecule has 0 saturated heterocycles. The Bertz CT molecular complexity index is 140. The fourth-order valence-corrected chi connectivity index (χ4v) is 3.46. The second kappa shape index (κ2) is 2.50. The monoisotopic (exact) mass is 152 g/mol. The zero-order chi connectivity index (χ0) is 7.90. The van der Waals surface area contributed by atoms with Gasteiger partial charge in [0.2, 0.25) is 0 Å². The van der Waals surface area contributed by atoms with E-state index in [-0.39, 0.29) is 0 Å². The average molecular weight is 152 g/mol. The molecule has 2 fully saturated rings. The van der Waals surface area contributed by atoms with Gasteiger partial charge in [-0.1, -0.05) is 26.7 Å². The molecule has 0 aromatic heterocycles. The highest BCUT2D eigenvalue weighted by atomic mass is 14.5. The van der Waals surface area contributed by atoms with Crippen LogP contribution in [-0.2, 0) is 0 Å². The molecule has 0 bridgehead atoms. The molecule has 1 unspecified atom stereocenters. The maximum absolute atomic E-state index is 2.41. The van der Waals surface area contributed by atoms with Crippen LogP contribution in [0.15, 0.2) is 0 Å². The van der Waals surface area contributed by atoms with E-state index in [1.807, 2.05) is 0 Å². The molecular weight excluding hydrogens is 132 g/mol. The first kappa shape index (κ1) is 7.64. The Hall–Kier alpha value is 0. The lowest BCUT2D eigenvalue weighted by Crippen LogP contribution is -2.40. The minimum absolute atomic E-state index is 0.855. The highest BCUT2D eigenvalue weighted by Crippen LogP contribution is 2.59. The Morgan fingerprint density at radius 1 is 1.09 bits per heavy atom. The van der Waals surface area contributed by atoms with Crippen LogP contribution in [0.3, 0.4) is 0 Å². The third-order valence-electron chi connectivity index (χ3n) is 4.14. The summed E-state index contributed by atoms with van der Waals surface area (Å²) in [5.74, 6) is 2.03. The van der Waals surface area contributed by atoms with Gasteiger partial charge in [-0.2, -0.15) is 0 Å². The van der Waals surface area contributed by atoms with Crippen molar-refractivity contribution in [3.8, 4) is 0 Å². The van der Waals surface area contributed by atoms with Gasteiger partial charge in [-0.05, 0) is 42.9 Å². The second-order valence-electron chi connectivity index (χ2n) is 4.96. The van der Waals surface area contributed by atoms with Crippen LogP contribution in [0.5, 0.6) is 0 Å². The van der Waals surface area contributed by atoms with Gasteiger partial charge in [-0.3, -0.25) is 0 Å². The standard InChI is InChI=1S/C11H20/c1-9(2)10-5-8-11(10)6-3-4-7-11/h9-10H,3-8H2,1-2H3. The normalized spacial score (nSPS) is 34.6. The van der Waals surface area contributed by atoms with E-state index in [4.69, 9.17) is 0 Å². The Kier molecular flexibility index (Phi) is 1.74. The summed E-state index contributed by atoms with van der Waals surface area (Å²) in [5, 5.41) is 0. The molecule has 2 rings (SSSR count). The van der Waals surface area contributed by atoms with Crippen molar-refractivity contribution in [2.24, 2.45) is 17.3 Å². The first-order chi connectivity index (χ1) is 5.25. The number of rotatable bonds is 1. The Morgan fingerprint density at radius 3 is 2.09 bits per heavy atom. The molecule has 1 spiro atoms. The number of hydrogen-bond donors (Lipinski definition) is 0. The van der Waals surface area contributed by atoms with Gasteiger partial charge in [0.05, 0.1) is 0 Å². The maximum Gasteiger partial charge on any atom is -0.0267 e. The van der Waals surface area contributed by atoms with E-state index in [2.05, 4.69) is 13.8 Å². The molecule has 64 valence electrons. The summed E-state index contributed by atoms with van der Waals surface area (Å²) >= 11 is 0. The smallest absolute Gasteiger partial charge is 0.0267 e. The summed E-state index contributed by atoms with van der Waals surface area (Å²) in [6, 6.07) is 0. The highest BCUT2D eigenvalue weighted by molar-refractivity contribution is 4.99. The molecule has 2 saturated carbocycles. The van der Waals surface area contributed by atoms with Gasteiger partial charge in [0.15, 0.2) is 0 Å². The van der Waals surface area contributed by atoms with Gasteiger partial charge in [0.25, 0.3) is 0 Å². The van der Waals surface area contributed by atoms with E-state index in [0.717, 1.165) is 17.3 Å². The molecule has 1 atom stereocenters. The van der Waals surface area contributed by atoms with E-state index in [1.165, 1.54) is 19.3 Å². The van der Waals surface area contributed by atoms with Crippen LogP contribution < -0.4 is 0 Å². The van der Waals surface area contributed by atoms with Crippen molar-refractivity contribution in [1.82, 2.24) is 0 Å². The van der Waals surface area contributed by atoms with Crippen LogP contribution in [0.2, 0.25) is 0 Å². The largest absolute Gasteiger partial charge is 0.0625 e. The van der Waals surface area contributed by atoms with Crippen LogP contribution in [0, 0.1) is 17.3 Å². The van der Waals surface area contributed by atoms with Gasteiger partial charge in [-0.25, -0.2) is 0 Å². The topological polar surface area (TPSA) is 0 Å². The Balaban J connectivity index is 2.03. The van der Waals surface area contributed by atoms with Crippen molar-refractivity contribution in [3.63, 3.8) is 0 Å². The molecule has 11 heavy (non-hydrogen) atoms. The van der Waals surface area contributed by atoms with Gasteiger partial charge in [-0.15, -0.1) is 0 Å². The summed E-state index contributed by atoms with van der Waals surface area (Å²) in [6.07, 6.45) is 9.21. The minimum Gasteiger partial charge on any atom is -0.0625 e. The van der Waals surface area contributed by atoms with Crippen molar-refractivity contribution in [2.45, 2.75) is 52.4 Å². The molecule has 0 nitrogen and oxygen atoms in total. The average Bonchev–Trinajstić information content (AvgIpc) is 2.31. The molecule has 2 aliphatic rings. The Morgan fingerprint density at radius 2 is 1.73 bits per heavy atom. The quantitative estimate of drug-likeness (QED) is 0.538. The predicted octanol–water partition coefficient (Wildman–Crippen LogP) is 3.61. The van der Waals surface area contributed by atoms with Crippen LogP contribution in [-0.4, -0.2) is 0 Å². The van der Waals surface area contributed by atoms with E-state index >= 15 is 0 Å². The first-order valence-corrected chi connectivity index (χ1v) is 5.25. The molecule has 0 aliphatic heterocycles. The van der Waals surface area contributed by atoms with Crippen molar-refractivity contribution in [2.75, 3.05) is 0 Å². The van der Waals surface area contributed by atoms with E-state index in [1.54, 1.807) is 19.3 Å². The third-order valence-corrected chi connectivity index (χ3v) is 4.14. The molecule has 0 aromatic carbocycles. The molecule has 0 radical (unpaired) electrons. The summed E-state index contributed by atoms with van der Waals surface area (Å²) < 4.78 is 0. The second-order valence-corrected chi connectivity index (χ2v) is 4.96.